The van der Waals surface area contributed by atoms with Crippen LogP contribution in [0.25, 0.3) is 0 Å². The number of unbranched alkanes of at least 4 members (excludes halogenated alkanes) is 4. The van der Waals surface area contributed by atoms with Crippen LogP contribution in [0.3, 0.4) is 0 Å². The lowest BCUT2D eigenvalue weighted by Crippen LogP contribution is -2.40. The van der Waals surface area contributed by atoms with Crippen molar-refractivity contribution < 1.29 is 29.4 Å². The first-order valence-corrected chi connectivity index (χ1v) is 9.96. The highest BCUT2D eigenvalue weighted by Gasteiger charge is 2.34. The molecule has 0 aromatic carbocycles. The molecular formula is C19H30N2O6. The summed E-state index contributed by atoms with van der Waals surface area (Å²) < 4.78 is 0. The predicted molar refractivity (Wildman–Crippen MR) is 97.1 cm³/mol. The number of carbonyl (C=O) groups is 4. The van der Waals surface area contributed by atoms with Crippen molar-refractivity contribution >= 4 is 23.8 Å². The van der Waals surface area contributed by atoms with Crippen LogP contribution < -0.4 is 0 Å². The summed E-state index contributed by atoms with van der Waals surface area (Å²) in [5, 5.41) is 18.2. The number of aliphatic carboxylic acids is 2. The molecule has 2 N–H and O–H groups in total. The zero-order chi connectivity index (χ0) is 19.8. The van der Waals surface area contributed by atoms with Crippen LogP contribution in [0.5, 0.6) is 0 Å². The molecule has 2 amide bonds. The Kier molecular flexibility index (Phi) is 8.06. The number of amides is 2. The van der Waals surface area contributed by atoms with Gasteiger partial charge in [0.25, 0.3) is 0 Å². The molecule has 0 saturated carbocycles. The lowest BCUT2D eigenvalue weighted by molar-refractivity contribution is -0.148. The van der Waals surface area contributed by atoms with Crippen molar-refractivity contribution in [3.63, 3.8) is 0 Å². The van der Waals surface area contributed by atoms with Crippen LogP contribution in [-0.4, -0.2) is 68.9 Å². The largest absolute Gasteiger partial charge is 0.480 e. The molecular weight excluding hydrogens is 352 g/mol. The molecule has 0 aromatic heterocycles. The van der Waals surface area contributed by atoms with E-state index in [1.54, 1.807) is 0 Å². The van der Waals surface area contributed by atoms with E-state index in [1.165, 1.54) is 9.80 Å². The first-order valence-electron chi connectivity index (χ1n) is 9.96. The summed E-state index contributed by atoms with van der Waals surface area (Å²) >= 11 is 0. The second-order valence-electron chi connectivity index (χ2n) is 7.43. The molecule has 27 heavy (non-hydrogen) atoms. The molecule has 2 heterocycles. The Morgan fingerprint density at radius 3 is 1.41 bits per heavy atom. The maximum Gasteiger partial charge on any atom is 0.326 e. The number of rotatable bonds is 10. The molecule has 2 fully saturated rings. The van der Waals surface area contributed by atoms with Gasteiger partial charge < -0.3 is 20.0 Å². The lowest BCUT2D eigenvalue weighted by Gasteiger charge is -2.21. The van der Waals surface area contributed by atoms with Crippen molar-refractivity contribution in [2.24, 2.45) is 0 Å². The van der Waals surface area contributed by atoms with Gasteiger partial charge in [0, 0.05) is 25.9 Å². The summed E-state index contributed by atoms with van der Waals surface area (Å²) in [6.45, 7) is 1.07. The molecule has 152 valence electrons. The number of hydrogen-bond acceptors (Lipinski definition) is 4. The van der Waals surface area contributed by atoms with Crippen LogP contribution >= 0.6 is 0 Å². The maximum atomic E-state index is 12.1. The molecule has 2 aliphatic heterocycles. The average molecular weight is 382 g/mol. The molecule has 0 bridgehead atoms. The molecule has 0 radical (unpaired) electrons. The Labute approximate surface area is 159 Å². The van der Waals surface area contributed by atoms with Gasteiger partial charge in [-0.3, -0.25) is 9.59 Å². The van der Waals surface area contributed by atoms with Crippen molar-refractivity contribution in [2.75, 3.05) is 13.1 Å². The lowest BCUT2D eigenvalue weighted by atomic mass is 10.1. The summed E-state index contributed by atoms with van der Waals surface area (Å²) in [5.41, 5.74) is 0. The number of likely N-dealkylation sites (tertiary alicyclic amines) is 2. The quantitative estimate of drug-likeness (QED) is 0.557. The minimum atomic E-state index is -0.923. The van der Waals surface area contributed by atoms with E-state index in [-0.39, 0.29) is 11.8 Å². The fourth-order valence-electron chi connectivity index (χ4n) is 4.01. The van der Waals surface area contributed by atoms with Gasteiger partial charge in [-0.05, 0) is 38.5 Å². The summed E-state index contributed by atoms with van der Waals surface area (Å²) in [7, 11) is 0. The first-order chi connectivity index (χ1) is 12.9. The summed E-state index contributed by atoms with van der Waals surface area (Å²) in [4.78, 5) is 49.5. The van der Waals surface area contributed by atoms with Crippen molar-refractivity contribution in [2.45, 2.75) is 82.7 Å². The van der Waals surface area contributed by atoms with E-state index in [4.69, 9.17) is 10.2 Å². The number of carbonyl (C=O) groups excluding carboxylic acids is 2. The number of carboxylic acids is 2. The Bertz CT molecular complexity index is 516. The minimum absolute atomic E-state index is 0.0798. The number of hydrogen-bond donors (Lipinski definition) is 2. The SMILES string of the molecule is O=C(O)C1CCCN1C(=O)CCCCCCCC(=O)N1CCCC1C(=O)O. The Balaban J connectivity index is 1.55. The van der Waals surface area contributed by atoms with Gasteiger partial charge in [-0.1, -0.05) is 19.3 Å². The van der Waals surface area contributed by atoms with Crippen molar-refractivity contribution in [3.05, 3.63) is 0 Å². The van der Waals surface area contributed by atoms with Gasteiger partial charge in [-0.15, -0.1) is 0 Å². The van der Waals surface area contributed by atoms with Gasteiger partial charge in [0.05, 0.1) is 0 Å². The van der Waals surface area contributed by atoms with Gasteiger partial charge in [-0.25, -0.2) is 9.59 Å². The van der Waals surface area contributed by atoms with Crippen LogP contribution in [0.1, 0.15) is 70.6 Å². The van der Waals surface area contributed by atoms with Gasteiger partial charge in [0.15, 0.2) is 0 Å². The van der Waals surface area contributed by atoms with Crippen LogP contribution in [0.2, 0.25) is 0 Å². The molecule has 2 aliphatic rings. The fraction of sp³-hybridized carbons (Fsp3) is 0.789. The van der Waals surface area contributed by atoms with E-state index in [1.807, 2.05) is 0 Å². The van der Waals surface area contributed by atoms with Gasteiger partial charge in [0.2, 0.25) is 11.8 Å². The van der Waals surface area contributed by atoms with Crippen molar-refractivity contribution in [3.8, 4) is 0 Å². The molecule has 8 nitrogen and oxygen atoms in total. The molecule has 2 unspecified atom stereocenters. The normalized spacial score (nSPS) is 22.2. The predicted octanol–water partition coefficient (Wildman–Crippen LogP) is 1.87. The monoisotopic (exact) mass is 382 g/mol. The third-order valence-electron chi connectivity index (χ3n) is 5.50. The van der Waals surface area contributed by atoms with Crippen molar-refractivity contribution in [1.82, 2.24) is 9.80 Å². The molecule has 2 rings (SSSR count). The van der Waals surface area contributed by atoms with Crippen LogP contribution in [0.15, 0.2) is 0 Å². The number of carboxylic acid groups (broad SMARTS) is 2. The van der Waals surface area contributed by atoms with Gasteiger partial charge >= 0.3 is 11.9 Å². The summed E-state index contributed by atoms with van der Waals surface area (Å²) in [5.74, 6) is -2.00. The molecule has 0 aromatic rings. The fourth-order valence-corrected chi connectivity index (χ4v) is 4.01. The maximum absolute atomic E-state index is 12.1. The van der Waals surface area contributed by atoms with Crippen LogP contribution in [0, 0.1) is 0 Å². The highest BCUT2D eigenvalue weighted by molar-refractivity contribution is 5.84. The Hall–Kier alpha value is -2.12. The molecule has 0 aliphatic carbocycles. The second kappa shape index (κ2) is 10.3. The Morgan fingerprint density at radius 1 is 0.667 bits per heavy atom. The average Bonchev–Trinajstić information content (AvgIpc) is 3.29. The standard InChI is InChI=1S/C19H30N2O6/c22-16(20-12-6-8-14(20)18(24)25)10-4-2-1-3-5-11-17(23)21-13-7-9-15(21)19(26)27/h14-15H,1-13H2,(H,24,25)(H,26,27). The van der Waals surface area contributed by atoms with Crippen molar-refractivity contribution in [1.29, 1.82) is 0 Å². The zero-order valence-electron chi connectivity index (χ0n) is 15.8. The third kappa shape index (κ3) is 5.94. The molecule has 2 saturated heterocycles. The zero-order valence-corrected chi connectivity index (χ0v) is 15.8. The molecule has 2 atom stereocenters. The highest BCUT2D eigenvalue weighted by Crippen LogP contribution is 2.21. The molecule has 0 spiro atoms. The topological polar surface area (TPSA) is 115 Å². The number of nitrogens with zero attached hydrogens (tertiary/aromatic N) is 2. The van der Waals surface area contributed by atoms with E-state index in [0.717, 1.165) is 44.9 Å². The van der Waals surface area contributed by atoms with E-state index >= 15 is 0 Å². The minimum Gasteiger partial charge on any atom is -0.480 e. The van der Waals surface area contributed by atoms with Crippen LogP contribution in [0.4, 0.5) is 0 Å². The summed E-state index contributed by atoms with van der Waals surface area (Å²) in [6, 6.07) is -1.33. The van der Waals surface area contributed by atoms with E-state index < -0.39 is 24.0 Å². The van der Waals surface area contributed by atoms with E-state index in [0.29, 0.717) is 38.8 Å². The smallest absolute Gasteiger partial charge is 0.326 e. The highest BCUT2D eigenvalue weighted by atomic mass is 16.4. The first kappa shape index (κ1) is 21.2. The molecule has 8 heteroatoms. The van der Waals surface area contributed by atoms with E-state index in [2.05, 4.69) is 0 Å². The van der Waals surface area contributed by atoms with E-state index in [9.17, 15) is 19.2 Å². The van der Waals surface area contributed by atoms with Crippen LogP contribution in [-0.2, 0) is 19.2 Å². The van der Waals surface area contributed by atoms with Gasteiger partial charge in [-0.2, -0.15) is 0 Å². The Morgan fingerprint density at radius 2 is 1.04 bits per heavy atom. The van der Waals surface area contributed by atoms with Gasteiger partial charge in [0.1, 0.15) is 12.1 Å². The third-order valence-corrected chi connectivity index (χ3v) is 5.50. The second-order valence-corrected chi connectivity index (χ2v) is 7.43. The summed E-state index contributed by atoms with van der Waals surface area (Å²) in [6.07, 6.45) is 7.40.